The summed E-state index contributed by atoms with van der Waals surface area (Å²) in [7, 11) is 1.58. The highest BCUT2D eigenvalue weighted by Crippen LogP contribution is 2.32. The van der Waals surface area contributed by atoms with E-state index in [1.165, 1.54) is 11.8 Å². The van der Waals surface area contributed by atoms with Crippen molar-refractivity contribution in [1.82, 2.24) is 20.6 Å². The molecule has 166 valence electrons. The lowest BCUT2D eigenvalue weighted by Crippen LogP contribution is -2.18. The Hall–Kier alpha value is -4.46. The van der Waals surface area contributed by atoms with Crippen LogP contribution in [0.2, 0.25) is 0 Å². The SMILES string of the molecule is COc1cc(-c2cc(C(=O)N/N=C/c3cccnc3)[nH]n2)ccc1OCc1ccc(C)cc1. The number of pyridine rings is 1. The summed E-state index contributed by atoms with van der Waals surface area (Å²) in [5, 5.41) is 10.9. The van der Waals surface area contributed by atoms with Crippen LogP contribution in [-0.2, 0) is 6.61 Å². The molecule has 0 saturated carbocycles. The largest absolute Gasteiger partial charge is 0.493 e. The van der Waals surface area contributed by atoms with E-state index in [2.05, 4.69) is 37.8 Å². The number of hydrazone groups is 1. The first-order valence-corrected chi connectivity index (χ1v) is 10.3. The number of H-pyrrole nitrogens is 1. The number of hydrogen-bond acceptors (Lipinski definition) is 6. The molecule has 2 aromatic heterocycles. The van der Waals surface area contributed by atoms with Gasteiger partial charge in [0, 0.05) is 23.5 Å². The van der Waals surface area contributed by atoms with Crippen molar-refractivity contribution in [2.45, 2.75) is 13.5 Å². The Morgan fingerprint density at radius 2 is 1.97 bits per heavy atom. The molecular weight excluding hydrogens is 418 g/mol. The summed E-state index contributed by atoms with van der Waals surface area (Å²) >= 11 is 0. The summed E-state index contributed by atoms with van der Waals surface area (Å²) in [5.41, 5.74) is 7.18. The Morgan fingerprint density at radius 3 is 2.73 bits per heavy atom. The molecule has 0 aliphatic heterocycles. The maximum Gasteiger partial charge on any atom is 0.289 e. The van der Waals surface area contributed by atoms with Crippen LogP contribution in [0.1, 0.15) is 27.2 Å². The average molecular weight is 441 g/mol. The third-order valence-electron chi connectivity index (χ3n) is 4.86. The Kier molecular flexibility index (Phi) is 6.75. The van der Waals surface area contributed by atoms with Crippen molar-refractivity contribution in [2.24, 2.45) is 5.10 Å². The molecule has 0 aliphatic carbocycles. The van der Waals surface area contributed by atoms with Crippen LogP contribution < -0.4 is 14.9 Å². The lowest BCUT2D eigenvalue weighted by molar-refractivity contribution is 0.0950. The zero-order valence-electron chi connectivity index (χ0n) is 18.3. The van der Waals surface area contributed by atoms with Gasteiger partial charge in [-0.25, -0.2) is 5.43 Å². The number of rotatable bonds is 8. The third kappa shape index (κ3) is 5.62. The molecule has 2 N–H and O–H groups in total. The van der Waals surface area contributed by atoms with E-state index in [0.717, 1.165) is 16.7 Å². The van der Waals surface area contributed by atoms with E-state index >= 15 is 0 Å². The van der Waals surface area contributed by atoms with Crippen LogP contribution in [0.25, 0.3) is 11.3 Å². The summed E-state index contributed by atoms with van der Waals surface area (Å²) < 4.78 is 11.4. The summed E-state index contributed by atoms with van der Waals surface area (Å²) in [6, 6.07) is 19.0. The van der Waals surface area contributed by atoms with Crippen LogP contribution in [0.3, 0.4) is 0 Å². The molecule has 2 aromatic carbocycles. The minimum atomic E-state index is -0.404. The molecule has 0 saturated heterocycles. The van der Waals surface area contributed by atoms with Gasteiger partial charge in [0.15, 0.2) is 11.5 Å². The molecule has 0 unspecified atom stereocenters. The maximum atomic E-state index is 12.3. The molecule has 33 heavy (non-hydrogen) atoms. The Balaban J connectivity index is 1.42. The molecule has 0 radical (unpaired) electrons. The van der Waals surface area contributed by atoms with Crippen molar-refractivity contribution < 1.29 is 14.3 Å². The Bertz CT molecular complexity index is 1250. The van der Waals surface area contributed by atoms with E-state index in [4.69, 9.17) is 9.47 Å². The number of aromatic nitrogens is 3. The van der Waals surface area contributed by atoms with E-state index in [0.29, 0.717) is 23.8 Å². The lowest BCUT2D eigenvalue weighted by Gasteiger charge is -2.12. The third-order valence-corrected chi connectivity index (χ3v) is 4.86. The molecule has 0 aliphatic rings. The molecule has 8 nitrogen and oxygen atoms in total. The van der Waals surface area contributed by atoms with Gasteiger partial charge in [-0.15, -0.1) is 0 Å². The summed E-state index contributed by atoms with van der Waals surface area (Å²) in [6.45, 7) is 2.48. The number of hydrogen-bond donors (Lipinski definition) is 2. The predicted molar refractivity (Wildman–Crippen MR) is 125 cm³/mol. The van der Waals surface area contributed by atoms with Gasteiger partial charge in [0.25, 0.3) is 5.91 Å². The molecule has 0 atom stereocenters. The molecule has 1 amide bonds. The van der Waals surface area contributed by atoms with Gasteiger partial charge in [-0.2, -0.15) is 10.2 Å². The number of ether oxygens (including phenoxy) is 2. The maximum absolute atomic E-state index is 12.3. The van der Waals surface area contributed by atoms with E-state index < -0.39 is 5.91 Å². The fraction of sp³-hybridized carbons (Fsp3) is 0.120. The van der Waals surface area contributed by atoms with Crippen molar-refractivity contribution in [3.05, 3.63) is 95.4 Å². The second-order valence-electron chi connectivity index (χ2n) is 7.29. The molecule has 4 rings (SSSR count). The summed E-state index contributed by atoms with van der Waals surface area (Å²) in [6.07, 6.45) is 4.83. The summed E-state index contributed by atoms with van der Waals surface area (Å²) in [4.78, 5) is 16.3. The van der Waals surface area contributed by atoms with Gasteiger partial charge in [-0.1, -0.05) is 35.9 Å². The van der Waals surface area contributed by atoms with E-state index in [1.54, 1.807) is 31.6 Å². The number of benzene rings is 2. The first kappa shape index (κ1) is 21.8. The number of nitrogens with zero attached hydrogens (tertiary/aromatic N) is 3. The molecule has 4 aromatic rings. The number of aromatic amines is 1. The Morgan fingerprint density at radius 1 is 1.12 bits per heavy atom. The number of methoxy groups -OCH3 is 1. The van der Waals surface area contributed by atoms with E-state index in [1.807, 2.05) is 43.3 Å². The number of aryl methyl sites for hydroxylation is 1. The highest BCUT2D eigenvalue weighted by atomic mass is 16.5. The standard InChI is InChI=1S/C25H23N5O3/c1-17-5-7-18(8-6-17)16-33-23-10-9-20(12-24(23)32-2)21-13-22(29-28-21)25(31)30-27-15-19-4-3-11-26-14-19/h3-15H,16H2,1-2H3,(H,28,29)(H,30,31)/b27-15+. The minimum absolute atomic E-state index is 0.284. The predicted octanol–water partition coefficient (Wildman–Crippen LogP) is 4.13. The van der Waals surface area contributed by atoms with Gasteiger partial charge in [0.2, 0.25) is 0 Å². The van der Waals surface area contributed by atoms with Crippen molar-refractivity contribution >= 4 is 12.1 Å². The fourth-order valence-corrected chi connectivity index (χ4v) is 3.06. The molecule has 2 heterocycles. The van der Waals surface area contributed by atoms with Crippen molar-refractivity contribution in [1.29, 1.82) is 0 Å². The van der Waals surface area contributed by atoms with Gasteiger partial charge in [0.1, 0.15) is 12.3 Å². The zero-order valence-corrected chi connectivity index (χ0v) is 18.3. The van der Waals surface area contributed by atoms with Gasteiger partial charge in [-0.3, -0.25) is 14.9 Å². The number of carbonyl (C=O) groups is 1. The van der Waals surface area contributed by atoms with Crippen LogP contribution >= 0.6 is 0 Å². The number of carbonyl (C=O) groups excluding carboxylic acids is 1. The van der Waals surface area contributed by atoms with Gasteiger partial charge < -0.3 is 9.47 Å². The van der Waals surface area contributed by atoms with Crippen LogP contribution in [0.15, 0.2) is 78.2 Å². The second-order valence-corrected chi connectivity index (χ2v) is 7.29. The molecular formula is C25H23N5O3. The topological polar surface area (TPSA) is 101 Å². The van der Waals surface area contributed by atoms with Crippen molar-refractivity contribution in [2.75, 3.05) is 7.11 Å². The van der Waals surface area contributed by atoms with Crippen molar-refractivity contribution in [3.8, 4) is 22.8 Å². The van der Waals surface area contributed by atoms with Gasteiger partial charge in [-0.05, 0) is 42.8 Å². The van der Waals surface area contributed by atoms with Crippen LogP contribution in [-0.4, -0.2) is 34.4 Å². The smallest absolute Gasteiger partial charge is 0.289 e. The number of nitrogens with one attached hydrogen (secondary N) is 2. The quantitative estimate of drug-likeness (QED) is 0.316. The van der Waals surface area contributed by atoms with E-state index in [9.17, 15) is 4.79 Å². The van der Waals surface area contributed by atoms with Crippen molar-refractivity contribution in [3.63, 3.8) is 0 Å². The molecule has 8 heteroatoms. The van der Waals surface area contributed by atoms with Crippen LogP contribution in [0.4, 0.5) is 0 Å². The first-order chi connectivity index (χ1) is 16.1. The number of amides is 1. The monoisotopic (exact) mass is 441 g/mol. The average Bonchev–Trinajstić information content (AvgIpc) is 3.35. The minimum Gasteiger partial charge on any atom is -0.493 e. The highest BCUT2D eigenvalue weighted by molar-refractivity contribution is 5.94. The van der Waals surface area contributed by atoms with Gasteiger partial charge in [0.05, 0.1) is 19.0 Å². The Labute approximate surface area is 191 Å². The molecule has 0 fully saturated rings. The highest BCUT2D eigenvalue weighted by Gasteiger charge is 2.13. The van der Waals surface area contributed by atoms with Crippen LogP contribution in [0.5, 0.6) is 11.5 Å². The normalized spacial score (nSPS) is 10.8. The molecule has 0 spiro atoms. The lowest BCUT2D eigenvalue weighted by atomic mass is 10.1. The second kappa shape index (κ2) is 10.2. The first-order valence-electron chi connectivity index (χ1n) is 10.3. The zero-order chi connectivity index (χ0) is 23.0. The van der Waals surface area contributed by atoms with Gasteiger partial charge >= 0.3 is 0 Å². The summed E-state index contributed by atoms with van der Waals surface area (Å²) in [5.74, 6) is 0.800. The fourth-order valence-electron chi connectivity index (χ4n) is 3.06. The van der Waals surface area contributed by atoms with Crippen LogP contribution in [0, 0.1) is 6.92 Å². The molecule has 0 bridgehead atoms. The van der Waals surface area contributed by atoms with E-state index in [-0.39, 0.29) is 5.69 Å².